The van der Waals surface area contributed by atoms with E-state index >= 15 is 0 Å². The van der Waals surface area contributed by atoms with Gasteiger partial charge in [0.25, 0.3) is 0 Å². The summed E-state index contributed by atoms with van der Waals surface area (Å²) in [6, 6.07) is 4.53. The van der Waals surface area contributed by atoms with Crippen LogP contribution in [0, 0.1) is 5.92 Å². The summed E-state index contributed by atoms with van der Waals surface area (Å²) in [7, 11) is -3.53. The Labute approximate surface area is 122 Å². The van der Waals surface area contributed by atoms with Gasteiger partial charge < -0.3 is 10.5 Å². The number of rotatable bonds is 7. The van der Waals surface area contributed by atoms with Crippen LogP contribution in [0.4, 0.5) is 5.69 Å². The zero-order chi connectivity index (χ0) is 14.5. The zero-order valence-electron chi connectivity index (χ0n) is 11.0. The predicted octanol–water partition coefficient (Wildman–Crippen LogP) is 1.98. The van der Waals surface area contributed by atoms with E-state index in [0.717, 1.165) is 0 Å². The summed E-state index contributed by atoms with van der Waals surface area (Å²) in [5.41, 5.74) is 6.05. The maximum absolute atomic E-state index is 12.0. The standard InChI is InChI=1S/C12H19BrN2O3S/c1-9(2)8-18-6-5-15-19(16,17)10-3-4-11(13)12(14)7-10/h3-4,7,9,15H,5-6,8,14H2,1-2H3. The Morgan fingerprint density at radius 3 is 2.68 bits per heavy atom. The van der Waals surface area contributed by atoms with Gasteiger partial charge in [0, 0.05) is 23.3 Å². The van der Waals surface area contributed by atoms with Crippen molar-refractivity contribution in [2.75, 3.05) is 25.5 Å². The van der Waals surface area contributed by atoms with Gasteiger partial charge in [-0.2, -0.15) is 0 Å². The topological polar surface area (TPSA) is 81.4 Å². The Morgan fingerprint density at radius 1 is 1.42 bits per heavy atom. The molecule has 0 aromatic heterocycles. The van der Waals surface area contributed by atoms with Crippen LogP contribution in [-0.2, 0) is 14.8 Å². The van der Waals surface area contributed by atoms with E-state index in [1.54, 1.807) is 6.07 Å². The first-order chi connectivity index (χ1) is 8.83. The molecule has 0 aliphatic heterocycles. The first kappa shape index (κ1) is 16.4. The van der Waals surface area contributed by atoms with Gasteiger partial charge in [0.05, 0.1) is 11.5 Å². The van der Waals surface area contributed by atoms with Crippen molar-refractivity contribution in [2.45, 2.75) is 18.7 Å². The number of anilines is 1. The average Bonchev–Trinajstić information content (AvgIpc) is 2.31. The molecule has 0 amide bonds. The largest absolute Gasteiger partial charge is 0.398 e. The van der Waals surface area contributed by atoms with E-state index in [2.05, 4.69) is 20.7 Å². The van der Waals surface area contributed by atoms with Crippen LogP contribution in [0.15, 0.2) is 27.6 Å². The Bertz CT molecular complexity index is 518. The van der Waals surface area contributed by atoms with Crippen LogP contribution in [0.1, 0.15) is 13.8 Å². The third kappa shape index (κ3) is 5.48. The quantitative estimate of drug-likeness (QED) is 0.581. The minimum absolute atomic E-state index is 0.150. The van der Waals surface area contributed by atoms with Crippen molar-refractivity contribution < 1.29 is 13.2 Å². The molecule has 3 N–H and O–H groups in total. The second kappa shape index (κ2) is 7.23. The second-order valence-corrected chi connectivity index (χ2v) is 7.17. The molecule has 0 bridgehead atoms. The maximum atomic E-state index is 12.0. The van der Waals surface area contributed by atoms with E-state index in [4.69, 9.17) is 10.5 Å². The normalized spacial score (nSPS) is 12.0. The highest BCUT2D eigenvalue weighted by Crippen LogP contribution is 2.22. The van der Waals surface area contributed by atoms with E-state index < -0.39 is 10.0 Å². The second-order valence-electron chi connectivity index (χ2n) is 4.55. The molecule has 19 heavy (non-hydrogen) atoms. The molecular weight excluding hydrogens is 332 g/mol. The van der Waals surface area contributed by atoms with Crippen molar-refractivity contribution in [1.82, 2.24) is 4.72 Å². The fourth-order valence-corrected chi connectivity index (χ4v) is 2.63. The van der Waals surface area contributed by atoms with Crippen molar-refractivity contribution in [3.8, 4) is 0 Å². The SMILES string of the molecule is CC(C)COCCNS(=O)(=O)c1ccc(Br)c(N)c1. The summed E-state index contributed by atoms with van der Waals surface area (Å²) in [5, 5.41) is 0. The Kier molecular flexibility index (Phi) is 6.25. The molecule has 0 aliphatic rings. The summed E-state index contributed by atoms with van der Waals surface area (Å²) in [5.74, 6) is 0.433. The number of sulfonamides is 1. The van der Waals surface area contributed by atoms with Crippen molar-refractivity contribution >= 4 is 31.6 Å². The van der Waals surface area contributed by atoms with Crippen LogP contribution in [0.2, 0.25) is 0 Å². The average molecular weight is 351 g/mol. The van der Waals surface area contributed by atoms with Gasteiger partial charge in [-0.25, -0.2) is 13.1 Å². The Balaban J connectivity index is 2.54. The molecule has 0 atom stereocenters. The molecule has 0 spiro atoms. The van der Waals surface area contributed by atoms with Gasteiger partial charge in [0.2, 0.25) is 10.0 Å². The monoisotopic (exact) mass is 350 g/mol. The maximum Gasteiger partial charge on any atom is 0.240 e. The van der Waals surface area contributed by atoms with Crippen molar-refractivity contribution in [3.63, 3.8) is 0 Å². The van der Waals surface area contributed by atoms with E-state index in [-0.39, 0.29) is 11.4 Å². The van der Waals surface area contributed by atoms with Crippen molar-refractivity contribution in [3.05, 3.63) is 22.7 Å². The molecule has 108 valence electrons. The molecule has 1 rings (SSSR count). The van der Waals surface area contributed by atoms with Crippen LogP contribution in [-0.4, -0.2) is 28.2 Å². The lowest BCUT2D eigenvalue weighted by molar-refractivity contribution is 0.114. The highest BCUT2D eigenvalue weighted by atomic mass is 79.9. The molecule has 0 saturated heterocycles. The number of nitrogens with two attached hydrogens (primary N) is 1. The van der Waals surface area contributed by atoms with Gasteiger partial charge in [0.1, 0.15) is 0 Å². The molecule has 0 radical (unpaired) electrons. The van der Waals surface area contributed by atoms with Gasteiger partial charge in [0.15, 0.2) is 0 Å². The summed E-state index contributed by atoms with van der Waals surface area (Å²) in [6.07, 6.45) is 0. The van der Waals surface area contributed by atoms with Crippen molar-refractivity contribution in [1.29, 1.82) is 0 Å². The van der Waals surface area contributed by atoms with Crippen LogP contribution in [0.3, 0.4) is 0 Å². The lowest BCUT2D eigenvalue weighted by Crippen LogP contribution is -2.28. The smallest absolute Gasteiger partial charge is 0.240 e. The van der Waals surface area contributed by atoms with Crippen LogP contribution >= 0.6 is 15.9 Å². The molecule has 5 nitrogen and oxygen atoms in total. The number of nitrogen functional groups attached to an aromatic ring is 1. The highest BCUT2D eigenvalue weighted by molar-refractivity contribution is 9.10. The third-order valence-electron chi connectivity index (χ3n) is 2.27. The van der Waals surface area contributed by atoms with Crippen LogP contribution in [0.25, 0.3) is 0 Å². The lowest BCUT2D eigenvalue weighted by Gasteiger charge is -2.09. The molecule has 0 aliphatic carbocycles. The molecular formula is C12H19BrN2O3S. The molecule has 0 fully saturated rings. The highest BCUT2D eigenvalue weighted by Gasteiger charge is 2.14. The van der Waals surface area contributed by atoms with Gasteiger partial charge in [-0.05, 0) is 40.0 Å². The summed E-state index contributed by atoms with van der Waals surface area (Å²) < 4.78 is 32.4. The number of ether oxygens (including phenoxy) is 1. The van der Waals surface area contributed by atoms with E-state index in [0.29, 0.717) is 29.3 Å². The number of benzene rings is 1. The van der Waals surface area contributed by atoms with Gasteiger partial charge in [-0.1, -0.05) is 13.8 Å². The first-order valence-corrected chi connectivity index (χ1v) is 8.23. The molecule has 0 saturated carbocycles. The van der Waals surface area contributed by atoms with E-state index in [9.17, 15) is 8.42 Å². The zero-order valence-corrected chi connectivity index (χ0v) is 13.4. The predicted molar refractivity (Wildman–Crippen MR) is 79.4 cm³/mol. The van der Waals surface area contributed by atoms with E-state index in [1.807, 2.05) is 13.8 Å². The van der Waals surface area contributed by atoms with E-state index in [1.165, 1.54) is 12.1 Å². The Morgan fingerprint density at radius 2 is 2.11 bits per heavy atom. The number of hydrogen-bond donors (Lipinski definition) is 2. The molecule has 0 heterocycles. The molecule has 7 heteroatoms. The van der Waals surface area contributed by atoms with Gasteiger partial charge in [-0.15, -0.1) is 0 Å². The minimum atomic E-state index is -3.53. The van der Waals surface area contributed by atoms with Crippen LogP contribution in [0.5, 0.6) is 0 Å². The molecule has 1 aromatic carbocycles. The third-order valence-corrected chi connectivity index (χ3v) is 4.45. The summed E-state index contributed by atoms with van der Waals surface area (Å²) >= 11 is 3.22. The molecule has 0 unspecified atom stereocenters. The minimum Gasteiger partial charge on any atom is -0.398 e. The van der Waals surface area contributed by atoms with Crippen molar-refractivity contribution in [2.24, 2.45) is 5.92 Å². The number of halogens is 1. The Hall–Kier alpha value is -0.630. The first-order valence-electron chi connectivity index (χ1n) is 5.95. The summed E-state index contributed by atoms with van der Waals surface area (Å²) in [6.45, 7) is 5.28. The number of nitrogens with one attached hydrogen (secondary N) is 1. The van der Waals surface area contributed by atoms with Gasteiger partial charge in [-0.3, -0.25) is 0 Å². The number of hydrogen-bond acceptors (Lipinski definition) is 4. The fourth-order valence-electron chi connectivity index (χ4n) is 1.34. The summed E-state index contributed by atoms with van der Waals surface area (Å²) in [4.78, 5) is 0.150. The molecule has 1 aromatic rings. The fraction of sp³-hybridized carbons (Fsp3) is 0.500. The van der Waals surface area contributed by atoms with Gasteiger partial charge >= 0.3 is 0 Å². The lowest BCUT2D eigenvalue weighted by atomic mass is 10.2. The van der Waals surface area contributed by atoms with Crippen LogP contribution < -0.4 is 10.5 Å².